The van der Waals surface area contributed by atoms with Gasteiger partial charge in [0.25, 0.3) is 5.56 Å². The van der Waals surface area contributed by atoms with Crippen molar-refractivity contribution in [3.8, 4) is 23.4 Å². The third-order valence-electron chi connectivity index (χ3n) is 3.27. The molecule has 2 aromatic carbocycles. The molecule has 0 spiro atoms. The zero-order valence-corrected chi connectivity index (χ0v) is 12.3. The van der Waals surface area contributed by atoms with Gasteiger partial charge in [0.2, 0.25) is 5.71 Å². The quantitative estimate of drug-likeness (QED) is 0.568. The summed E-state index contributed by atoms with van der Waals surface area (Å²) in [6.07, 6.45) is 0. The minimum absolute atomic E-state index is 0.272. The fourth-order valence-corrected chi connectivity index (χ4v) is 2.12. The van der Waals surface area contributed by atoms with E-state index in [1.165, 1.54) is 0 Å². The van der Waals surface area contributed by atoms with Crippen LogP contribution in [0.3, 0.4) is 0 Å². The minimum Gasteiger partial charge on any atom is -0.319 e. The van der Waals surface area contributed by atoms with Crippen LogP contribution in [0.4, 0.5) is 5.69 Å². The second-order valence-electron chi connectivity index (χ2n) is 4.80. The van der Waals surface area contributed by atoms with Crippen molar-refractivity contribution in [1.29, 1.82) is 10.5 Å². The van der Waals surface area contributed by atoms with Gasteiger partial charge in [-0.3, -0.25) is 10.2 Å². The molecule has 0 saturated carbocycles. The van der Waals surface area contributed by atoms with E-state index in [4.69, 9.17) is 10.5 Å². The Morgan fingerprint density at radius 2 is 1.79 bits per heavy atom. The molecule has 1 heterocycles. The zero-order chi connectivity index (χ0) is 16.9. The molecular formula is C17H10N6O. The predicted octanol–water partition coefficient (Wildman–Crippen LogP) is 2.41. The molecule has 24 heavy (non-hydrogen) atoms. The number of anilines is 1. The van der Waals surface area contributed by atoms with Crippen molar-refractivity contribution < 1.29 is 0 Å². The first-order valence-electron chi connectivity index (χ1n) is 6.94. The van der Waals surface area contributed by atoms with Gasteiger partial charge < -0.3 is 4.98 Å². The molecule has 114 valence electrons. The number of hydrazone groups is 1. The van der Waals surface area contributed by atoms with Crippen LogP contribution in [0.5, 0.6) is 0 Å². The number of benzene rings is 2. The van der Waals surface area contributed by atoms with Crippen molar-refractivity contribution in [2.45, 2.75) is 0 Å². The Hall–Kier alpha value is -3.97. The lowest BCUT2D eigenvalue weighted by molar-refractivity contribution is 1.22. The van der Waals surface area contributed by atoms with Crippen molar-refractivity contribution in [3.05, 3.63) is 58.9 Å². The van der Waals surface area contributed by atoms with Gasteiger partial charge in [0.1, 0.15) is 17.8 Å². The van der Waals surface area contributed by atoms with Crippen LogP contribution >= 0.6 is 0 Å². The summed E-state index contributed by atoms with van der Waals surface area (Å²) in [4.78, 5) is 19.4. The number of hydrogen-bond acceptors (Lipinski definition) is 6. The van der Waals surface area contributed by atoms with Crippen LogP contribution < -0.4 is 11.0 Å². The Morgan fingerprint density at radius 1 is 1.08 bits per heavy atom. The van der Waals surface area contributed by atoms with E-state index >= 15 is 0 Å². The third-order valence-corrected chi connectivity index (χ3v) is 3.27. The highest BCUT2D eigenvalue weighted by atomic mass is 16.1. The van der Waals surface area contributed by atoms with Gasteiger partial charge in [0, 0.05) is 5.56 Å². The first-order chi connectivity index (χ1) is 11.7. The number of fused-ring (bicyclic) bond motifs is 1. The minimum atomic E-state index is -0.274. The number of hydrogen-bond donors (Lipinski definition) is 2. The number of para-hydroxylation sites is 2. The summed E-state index contributed by atoms with van der Waals surface area (Å²) in [5.74, 6) is 0. The molecule has 2 N–H and O–H groups in total. The number of rotatable bonds is 3. The van der Waals surface area contributed by atoms with Gasteiger partial charge in [0.15, 0.2) is 0 Å². The lowest BCUT2D eigenvalue weighted by atomic mass is 10.1. The smallest absolute Gasteiger partial charge is 0.274 e. The third kappa shape index (κ3) is 2.96. The second kappa shape index (κ2) is 6.42. The molecule has 0 saturated heterocycles. The molecule has 0 atom stereocenters. The van der Waals surface area contributed by atoms with Crippen LogP contribution in [-0.4, -0.2) is 15.7 Å². The highest BCUT2D eigenvalue weighted by Gasteiger charge is 2.07. The molecule has 0 aliphatic rings. The Labute approximate surface area is 136 Å². The van der Waals surface area contributed by atoms with Gasteiger partial charge in [0.05, 0.1) is 16.7 Å². The summed E-state index contributed by atoms with van der Waals surface area (Å²) in [6, 6.07) is 17.4. The van der Waals surface area contributed by atoms with E-state index in [1.807, 2.05) is 18.2 Å². The van der Waals surface area contributed by atoms with E-state index in [0.717, 1.165) is 0 Å². The fourth-order valence-electron chi connectivity index (χ4n) is 2.12. The van der Waals surface area contributed by atoms with Gasteiger partial charge in [-0.1, -0.05) is 24.3 Å². The molecule has 3 rings (SSSR count). The van der Waals surface area contributed by atoms with Gasteiger partial charge in [-0.15, -0.1) is 0 Å². The lowest BCUT2D eigenvalue weighted by Gasteiger charge is -2.04. The summed E-state index contributed by atoms with van der Waals surface area (Å²) >= 11 is 0. The summed E-state index contributed by atoms with van der Waals surface area (Å²) < 4.78 is 0. The van der Waals surface area contributed by atoms with Crippen LogP contribution in [0.25, 0.3) is 22.3 Å². The van der Waals surface area contributed by atoms with Crippen LogP contribution in [0.15, 0.2) is 58.4 Å². The second-order valence-corrected chi connectivity index (χ2v) is 4.80. The molecule has 0 bridgehead atoms. The average molecular weight is 314 g/mol. The molecule has 0 amide bonds. The van der Waals surface area contributed by atoms with Crippen molar-refractivity contribution in [2.24, 2.45) is 5.10 Å². The molecule has 7 nitrogen and oxygen atoms in total. The van der Waals surface area contributed by atoms with Gasteiger partial charge in [-0.05, 0) is 24.3 Å². The molecule has 7 heteroatoms. The van der Waals surface area contributed by atoms with Gasteiger partial charge >= 0.3 is 0 Å². The summed E-state index contributed by atoms with van der Waals surface area (Å²) in [6.45, 7) is 0. The van der Waals surface area contributed by atoms with Crippen LogP contribution in [0.2, 0.25) is 0 Å². The Kier molecular flexibility index (Phi) is 4.00. The molecular weight excluding hydrogens is 304 g/mol. The van der Waals surface area contributed by atoms with Crippen LogP contribution in [-0.2, 0) is 0 Å². The van der Waals surface area contributed by atoms with Crippen molar-refractivity contribution in [3.63, 3.8) is 0 Å². The van der Waals surface area contributed by atoms with E-state index in [1.54, 1.807) is 42.5 Å². The van der Waals surface area contributed by atoms with E-state index < -0.39 is 0 Å². The van der Waals surface area contributed by atoms with Crippen LogP contribution in [0.1, 0.15) is 0 Å². The monoisotopic (exact) mass is 314 g/mol. The number of aromatic nitrogens is 2. The largest absolute Gasteiger partial charge is 0.319 e. The fraction of sp³-hybridized carbons (Fsp3) is 0. The summed E-state index contributed by atoms with van der Waals surface area (Å²) in [5, 5.41) is 20.9. The lowest BCUT2D eigenvalue weighted by Crippen LogP contribution is -2.11. The molecule has 0 radical (unpaired) electrons. The molecule has 1 aromatic heterocycles. The summed E-state index contributed by atoms with van der Waals surface area (Å²) in [7, 11) is 0. The predicted molar refractivity (Wildman–Crippen MR) is 90.1 cm³/mol. The standard InChI is InChI=1S/C17H10N6O/c18-9-13(10-19)23-22-12-7-5-11(6-8-12)16-17(24)21-15-4-2-1-3-14(15)20-16/h1-8,22H,(H,21,24). The molecule has 0 aliphatic carbocycles. The van der Waals surface area contributed by atoms with E-state index in [9.17, 15) is 4.79 Å². The van der Waals surface area contributed by atoms with E-state index in [-0.39, 0.29) is 11.3 Å². The Bertz CT molecular complexity index is 1050. The molecule has 0 fully saturated rings. The van der Waals surface area contributed by atoms with Gasteiger partial charge in [-0.25, -0.2) is 4.98 Å². The number of nitriles is 2. The number of nitrogens with one attached hydrogen (secondary N) is 2. The maximum absolute atomic E-state index is 12.2. The maximum atomic E-state index is 12.2. The zero-order valence-electron chi connectivity index (χ0n) is 12.3. The normalized spacial score (nSPS) is 9.75. The number of aromatic amines is 1. The molecule has 3 aromatic rings. The van der Waals surface area contributed by atoms with Crippen LogP contribution in [0, 0.1) is 22.7 Å². The highest BCUT2D eigenvalue weighted by Crippen LogP contribution is 2.18. The Balaban J connectivity index is 1.93. The molecule has 0 aliphatic heterocycles. The maximum Gasteiger partial charge on any atom is 0.274 e. The Morgan fingerprint density at radius 3 is 2.50 bits per heavy atom. The summed E-state index contributed by atoms with van der Waals surface area (Å²) in [5.41, 5.74) is 4.99. The van der Waals surface area contributed by atoms with E-state index in [0.29, 0.717) is 28.0 Å². The van der Waals surface area contributed by atoms with E-state index in [2.05, 4.69) is 20.5 Å². The number of H-pyrrole nitrogens is 1. The van der Waals surface area contributed by atoms with Gasteiger partial charge in [-0.2, -0.15) is 15.6 Å². The molecule has 0 unspecified atom stereocenters. The first kappa shape index (κ1) is 14.9. The van der Waals surface area contributed by atoms with Crippen molar-refractivity contribution in [1.82, 2.24) is 9.97 Å². The SMILES string of the molecule is N#CC(C#N)=NNc1ccc(-c2nc3ccccc3[nH]c2=O)cc1. The highest BCUT2D eigenvalue weighted by molar-refractivity contribution is 6.10. The number of nitrogens with zero attached hydrogens (tertiary/aromatic N) is 4. The topological polar surface area (TPSA) is 118 Å². The average Bonchev–Trinajstić information content (AvgIpc) is 2.62. The van der Waals surface area contributed by atoms with Crippen molar-refractivity contribution in [2.75, 3.05) is 5.43 Å². The first-order valence-corrected chi connectivity index (χ1v) is 6.94. The van der Waals surface area contributed by atoms with Crippen molar-refractivity contribution >= 4 is 22.4 Å².